The summed E-state index contributed by atoms with van der Waals surface area (Å²) in [6, 6.07) is 13.2. The predicted octanol–water partition coefficient (Wildman–Crippen LogP) is 6.97. The molecule has 1 N–H and O–H groups in total. The summed E-state index contributed by atoms with van der Waals surface area (Å²) in [5.41, 5.74) is 4.41. The van der Waals surface area contributed by atoms with E-state index in [0.29, 0.717) is 31.1 Å². The summed E-state index contributed by atoms with van der Waals surface area (Å²) in [6.07, 6.45) is 10.2. The van der Waals surface area contributed by atoms with E-state index in [1.54, 1.807) is 11.8 Å². The van der Waals surface area contributed by atoms with Crippen LogP contribution in [0.5, 0.6) is 0 Å². The lowest BCUT2D eigenvalue weighted by atomic mass is 9.85. The van der Waals surface area contributed by atoms with Crippen LogP contribution in [0.3, 0.4) is 0 Å². The van der Waals surface area contributed by atoms with Gasteiger partial charge >= 0.3 is 5.97 Å². The third-order valence-electron chi connectivity index (χ3n) is 7.59. The standard InChI is InChI=1S/C33H47NO5S/c1-23(2)38-22-27(19-25-12-7-6-8-13-25)39-21-26-15-16-29(30(20-26)28-14-10-9-11-24(28)3)32(35)34-31(17-18-40-5)33(36)37-4/h9-11,14-16,20,23,25,27,31H,6-8,12-13,17-19,21-22H2,1-5H3,(H,34,35)/t27?,31-/m0/s1. The summed E-state index contributed by atoms with van der Waals surface area (Å²) in [5, 5.41) is 2.92. The third kappa shape index (κ3) is 9.93. The van der Waals surface area contributed by atoms with E-state index in [1.807, 2.05) is 55.6 Å². The Bertz CT molecular complexity index is 1080. The molecular formula is C33H47NO5S. The van der Waals surface area contributed by atoms with Crippen LogP contribution in [0.1, 0.15) is 80.3 Å². The smallest absolute Gasteiger partial charge is 0.328 e. The van der Waals surface area contributed by atoms with Crippen molar-refractivity contribution in [2.24, 2.45) is 5.92 Å². The van der Waals surface area contributed by atoms with E-state index in [0.717, 1.165) is 34.4 Å². The van der Waals surface area contributed by atoms with E-state index in [9.17, 15) is 9.59 Å². The van der Waals surface area contributed by atoms with Crippen molar-refractivity contribution < 1.29 is 23.8 Å². The zero-order chi connectivity index (χ0) is 28.9. The van der Waals surface area contributed by atoms with Crippen LogP contribution in [-0.2, 0) is 25.6 Å². The number of methoxy groups -OCH3 is 1. The average Bonchev–Trinajstić information content (AvgIpc) is 2.96. The SMILES string of the molecule is COC(=O)[C@H](CCSC)NC(=O)c1ccc(COC(COC(C)C)CC2CCCCC2)cc1-c1ccccc1C. The Morgan fingerprint density at radius 2 is 1.77 bits per heavy atom. The van der Waals surface area contributed by atoms with E-state index in [-0.39, 0.29) is 18.1 Å². The van der Waals surface area contributed by atoms with Gasteiger partial charge in [-0.05, 0) is 85.9 Å². The first-order valence-electron chi connectivity index (χ1n) is 14.6. The van der Waals surface area contributed by atoms with Crippen LogP contribution in [0.2, 0.25) is 0 Å². The number of amides is 1. The number of hydrogen-bond acceptors (Lipinski definition) is 6. The average molecular weight is 570 g/mol. The maximum atomic E-state index is 13.5. The predicted molar refractivity (Wildman–Crippen MR) is 164 cm³/mol. The summed E-state index contributed by atoms with van der Waals surface area (Å²) >= 11 is 1.63. The van der Waals surface area contributed by atoms with Crippen LogP contribution < -0.4 is 5.32 Å². The molecule has 7 heteroatoms. The van der Waals surface area contributed by atoms with E-state index in [4.69, 9.17) is 14.2 Å². The summed E-state index contributed by atoms with van der Waals surface area (Å²) < 4.78 is 17.4. The van der Waals surface area contributed by atoms with Gasteiger partial charge in [0, 0.05) is 5.56 Å². The van der Waals surface area contributed by atoms with Gasteiger partial charge in [-0.15, -0.1) is 0 Å². The lowest BCUT2D eigenvalue weighted by Gasteiger charge is -2.27. The molecule has 220 valence electrons. The molecule has 0 spiro atoms. The molecule has 2 aromatic rings. The molecule has 2 aromatic carbocycles. The van der Waals surface area contributed by atoms with E-state index in [2.05, 4.69) is 19.2 Å². The Balaban J connectivity index is 1.83. The Kier molecular flexibility index (Phi) is 13.5. The second-order valence-electron chi connectivity index (χ2n) is 11.1. The fourth-order valence-corrected chi connectivity index (χ4v) is 5.80. The molecule has 1 aliphatic rings. The van der Waals surface area contributed by atoms with Crippen LogP contribution in [0.15, 0.2) is 42.5 Å². The summed E-state index contributed by atoms with van der Waals surface area (Å²) in [4.78, 5) is 25.9. The minimum atomic E-state index is -0.695. The fourth-order valence-electron chi connectivity index (χ4n) is 5.33. The van der Waals surface area contributed by atoms with Gasteiger partial charge in [0.25, 0.3) is 5.91 Å². The number of benzene rings is 2. The van der Waals surface area contributed by atoms with E-state index < -0.39 is 12.0 Å². The van der Waals surface area contributed by atoms with Crippen LogP contribution >= 0.6 is 11.8 Å². The molecule has 0 radical (unpaired) electrons. The highest BCUT2D eigenvalue weighted by Gasteiger charge is 2.24. The van der Waals surface area contributed by atoms with Crippen molar-refractivity contribution in [1.29, 1.82) is 0 Å². The van der Waals surface area contributed by atoms with Crippen LogP contribution in [-0.4, -0.2) is 55.9 Å². The van der Waals surface area contributed by atoms with Gasteiger partial charge in [0.05, 0.1) is 32.5 Å². The topological polar surface area (TPSA) is 73.9 Å². The molecule has 0 aliphatic heterocycles. The molecule has 1 saturated carbocycles. The molecule has 0 heterocycles. The number of rotatable bonds is 15. The van der Waals surface area contributed by atoms with Gasteiger partial charge in [-0.2, -0.15) is 11.8 Å². The van der Waals surface area contributed by atoms with Gasteiger partial charge in [0.15, 0.2) is 0 Å². The number of aryl methyl sites for hydroxylation is 1. The molecule has 1 fully saturated rings. The van der Waals surface area contributed by atoms with Crippen molar-refractivity contribution in [3.63, 3.8) is 0 Å². The normalized spacial score (nSPS) is 15.6. The van der Waals surface area contributed by atoms with Gasteiger partial charge in [-0.25, -0.2) is 4.79 Å². The lowest BCUT2D eigenvalue weighted by molar-refractivity contribution is -0.142. The molecule has 0 bridgehead atoms. The number of carbonyl (C=O) groups is 2. The zero-order valence-electron chi connectivity index (χ0n) is 24.9. The minimum Gasteiger partial charge on any atom is -0.467 e. The number of hydrogen-bond donors (Lipinski definition) is 1. The number of ether oxygens (including phenoxy) is 3. The first kappa shape index (κ1) is 32.2. The third-order valence-corrected chi connectivity index (χ3v) is 8.23. The minimum absolute atomic E-state index is 0.0348. The van der Waals surface area contributed by atoms with Crippen molar-refractivity contribution >= 4 is 23.6 Å². The van der Waals surface area contributed by atoms with Crippen molar-refractivity contribution in [2.45, 2.75) is 90.6 Å². The summed E-state index contributed by atoms with van der Waals surface area (Å²) in [7, 11) is 1.35. The Morgan fingerprint density at radius 3 is 2.45 bits per heavy atom. The van der Waals surface area contributed by atoms with Gasteiger partial charge in [0.1, 0.15) is 6.04 Å². The highest BCUT2D eigenvalue weighted by molar-refractivity contribution is 7.98. The second kappa shape index (κ2) is 16.8. The van der Waals surface area contributed by atoms with Crippen molar-refractivity contribution in [3.8, 4) is 11.1 Å². The highest BCUT2D eigenvalue weighted by Crippen LogP contribution is 2.31. The zero-order valence-corrected chi connectivity index (χ0v) is 25.7. The summed E-state index contributed by atoms with van der Waals surface area (Å²) in [5.74, 6) is 0.709. The lowest BCUT2D eigenvalue weighted by Crippen LogP contribution is -2.42. The first-order chi connectivity index (χ1) is 19.3. The van der Waals surface area contributed by atoms with Crippen molar-refractivity contribution in [3.05, 3.63) is 59.2 Å². The maximum Gasteiger partial charge on any atom is 0.328 e. The maximum absolute atomic E-state index is 13.5. The molecule has 40 heavy (non-hydrogen) atoms. The molecule has 1 aliphatic carbocycles. The van der Waals surface area contributed by atoms with Crippen molar-refractivity contribution in [2.75, 3.05) is 25.7 Å². The molecule has 1 amide bonds. The second-order valence-corrected chi connectivity index (χ2v) is 12.1. The van der Waals surface area contributed by atoms with Gasteiger partial charge in [-0.1, -0.05) is 62.4 Å². The summed E-state index contributed by atoms with van der Waals surface area (Å²) in [6.45, 7) is 7.19. The van der Waals surface area contributed by atoms with E-state index in [1.165, 1.54) is 39.2 Å². The quantitative estimate of drug-likeness (QED) is 0.234. The number of nitrogens with one attached hydrogen (secondary N) is 1. The molecule has 1 unspecified atom stereocenters. The highest BCUT2D eigenvalue weighted by atomic mass is 32.2. The van der Waals surface area contributed by atoms with Crippen molar-refractivity contribution in [1.82, 2.24) is 5.32 Å². The molecular weight excluding hydrogens is 522 g/mol. The molecule has 2 atom stereocenters. The van der Waals surface area contributed by atoms with E-state index >= 15 is 0 Å². The number of esters is 1. The largest absolute Gasteiger partial charge is 0.467 e. The van der Waals surface area contributed by atoms with Crippen LogP contribution in [0, 0.1) is 12.8 Å². The molecule has 3 rings (SSSR count). The Hall–Kier alpha value is -2.35. The first-order valence-corrected chi connectivity index (χ1v) is 16.0. The molecule has 0 saturated heterocycles. The number of thioether (sulfide) groups is 1. The van der Waals surface area contributed by atoms with Crippen LogP contribution in [0.4, 0.5) is 0 Å². The van der Waals surface area contributed by atoms with Crippen LogP contribution in [0.25, 0.3) is 11.1 Å². The Morgan fingerprint density at radius 1 is 1.02 bits per heavy atom. The fraction of sp³-hybridized carbons (Fsp3) is 0.576. The van der Waals surface area contributed by atoms with Gasteiger partial charge < -0.3 is 19.5 Å². The monoisotopic (exact) mass is 569 g/mol. The van der Waals surface area contributed by atoms with Gasteiger partial charge in [0.2, 0.25) is 0 Å². The molecule has 0 aromatic heterocycles. The number of carbonyl (C=O) groups excluding carboxylic acids is 2. The molecule has 6 nitrogen and oxygen atoms in total. The Labute approximate surface area is 244 Å². The van der Waals surface area contributed by atoms with Gasteiger partial charge in [-0.3, -0.25) is 4.79 Å².